The Balaban J connectivity index is 1.23. The number of nitrogens with zero attached hydrogens (tertiary/aromatic N) is 5. The molecule has 0 saturated carbocycles. The molecule has 13 heteroatoms. The molecule has 222 valence electrons. The number of para-hydroxylation sites is 1. The van der Waals surface area contributed by atoms with Crippen LogP contribution in [0.5, 0.6) is 5.75 Å². The zero-order valence-corrected chi connectivity index (χ0v) is 25.6. The number of amides is 1. The number of ether oxygens (including phenoxy) is 1. The van der Waals surface area contributed by atoms with Crippen molar-refractivity contribution in [3.63, 3.8) is 0 Å². The van der Waals surface area contributed by atoms with E-state index in [9.17, 15) is 19.1 Å². The average Bonchev–Trinajstić information content (AvgIpc) is 3.58. The highest BCUT2D eigenvalue weighted by molar-refractivity contribution is 7.22. The Hall–Kier alpha value is -4.49. The molecule has 10 nitrogen and oxygen atoms in total. The third-order valence-corrected chi connectivity index (χ3v) is 8.86. The molecule has 0 bridgehead atoms. The van der Waals surface area contributed by atoms with Crippen LogP contribution in [0.4, 0.5) is 15.3 Å². The van der Waals surface area contributed by atoms with Crippen LogP contribution in [-0.4, -0.2) is 62.8 Å². The van der Waals surface area contributed by atoms with E-state index in [-0.39, 0.29) is 29.5 Å². The third kappa shape index (κ3) is 6.78. The molecule has 2 aromatic carbocycles. The van der Waals surface area contributed by atoms with Crippen LogP contribution in [0.2, 0.25) is 0 Å². The lowest BCUT2D eigenvalue weighted by Gasteiger charge is -2.12. The number of hydrogen-bond donors (Lipinski definition) is 2. The van der Waals surface area contributed by atoms with E-state index >= 15 is 0 Å². The normalized spacial score (nSPS) is 11.1. The van der Waals surface area contributed by atoms with Gasteiger partial charge in [0.15, 0.2) is 28.2 Å². The molecule has 5 aromatic rings. The Kier molecular flexibility index (Phi) is 8.92. The van der Waals surface area contributed by atoms with E-state index in [2.05, 4.69) is 25.5 Å². The Morgan fingerprint density at radius 2 is 1.84 bits per heavy atom. The van der Waals surface area contributed by atoms with Gasteiger partial charge in [-0.2, -0.15) is 5.10 Å². The first kappa shape index (κ1) is 30.0. The maximum absolute atomic E-state index is 14.4. The average molecular weight is 621 g/mol. The quantitative estimate of drug-likeness (QED) is 0.170. The summed E-state index contributed by atoms with van der Waals surface area (Å²) in [6.07, 6.45) is 1.18. The fraction of sp³-hybridized carbons (Fsp3) is 0.267. The van der Waals surface area contributed by atoms with Crippen molar-refractivity contribution in [2.45, 2.75) is 33.1 Å². The molecule has 0 unspecified atom stereocenters. The van der Waals surface area contributed by atoms with Gasteiger partial charge in [0.25, 0.3) is 5.91 Å². The maximum atomic E-state index is 14.4. The molecule has 0 saturated heterocycles. The van der Waals surface area contributed by atoms with Gasteiger partial charge >= 0.3 is 5.97 Å². The number of carboxylic acid groups (broad SMARTS) is 1. The van der Waals surface area contributed by atoms with Crippen molar-refractivity contribution in [3.05, 3.63) is 86.2 Å². The Morgan fingerprint density at radius 3 is 2.56 bits per heavy atom. The number of halogens is 1. The van der Waals surface area contributed by atoms with E-state index in [1.807, 2.05) is 38.1 Å². The van der Waals surface area contributed by atoms with E-state index in [4.69, 9.17) is 4.74 Å². The summed E-state index contributed by atoms with van der Waals surface area (Å²) in [5.74, 6) is -1.40. The molecule has 0 atom stereocenters. The fourth-order valence-electron chi connectivity index (χ4n) is 4.35. The van der Waals surface area contributed by atoms with Gasteiger partial charge in [0.1, 0.15) is 0 Å². The van der Waals surface area contributed by atoms with Crippen molar-refractivity contribution in [2.75, 3.05) is 26.0 Å². The molecule has 3 heterocycles. The van der Waals surface area contributed by atoms with Gasteiger partial charge in [-0.15, -0.1) is 16.4 Å². The van der Waals surface area contributed by atoms with Gasteiger partial charge in [-0.3, -0.25) is 4.79 Å². The predicted octanol–water partition coefficient (Wildman–Crippen LogP) is 6.04. The molecule has 0 radical (unpaired) electrons. The van der Waals surface area contributed by atoms with Gasteiger partial charge in [-0.05, 0) is 68.1 Å². The Labute approximate surface area is 255 Å². The largest absolute Gasteiger partial charge is 0.491 e. The van der Waals surface area contributed by atoms with Gasteiger partial charge < -0.3 is 20.1 Å². The second-order valence-corrected chi connectivity index (χ2v) is 12.2. The monoisotopic (exact) mass is 620 g/mol. The zero-order valence-electron chi connectivity index (χ0n) is 24.0. The second kappa shape index (κ2) is 12.8. The van der Waals surface area contributed by atoms with Crippen molar-refractivity contribution in [3.8, 4) is 5.75 Å². The van der Waals surface area contributed by atoms with Crippen LogP contribution in [-0.2, 0) is 12.8 Å². The van der Waals surface area contributed by atoms with Crippen LogP contribution >= 0.6 is 22.7 Å². The highest BCUT2D eigenvalue weighted by Gasteiger charge is 2.20. The Bertz CT molecular complexity index is 1790. The number of nitrogens with one attached hydrogen (secondary N) is 1. The summed E-state index contributed by atoms with van der Waals surface area (Å²) in [5.41, 5.74) is 3.69. The number of hydrogen-bond acceptors (Lipinski definition) is 10. The lowest BCUT2D eigenvalue weighted by Crippen LogP contribution is -2.21. The second-order valence-electron chi connectivity index (χ2n) is 10.0. The predicted molar refractivity (Wildman–Crippen MR) is 165 cm³/mol. The standard InChI is InChI=1S/C30H29FN6O4S2/c1-16-17(2)27(34-30-32-20-8-5-6-9-23(20)43-30)36-35-21(16)15-25-33-26(29(39)40)24(42-25)10-7-13-41-22-12-11-18(14-19(22)31)28(38)37(3)4/h5-6,8-9,11-12,14H,7,10,13,15H2,1-4H3,(H,39,40)(H,32,34,36). The molecule has 0 aliphatic carbocycles. The van der Waals surface area contributed by atoms with Crippen LogP contribution < -0.4 is 10.1 Å². The SMILES string of the molecule is Cc1c(Cc2nc(C(=O)O)c(CCCOc3ccc(C(=O)N(C)C)cc3F)s2)nnc(Nc2nc3ccccc3s2)c1C. The fourth-order valence-corrected chi connectivity index (χ4v) is 6.32. The van der Waals surface area contributed by atoms with Crippen molar-refractivity contribution >= 4 is 55.7 Å². The lowest BCUT2D eigenvalue weighted by atomic mass is 10.1. The number of rotatable bonds is 11. The number of aryl methyl sites for hydroxylation is 1. The topological polar surface area (TPSA) is 130 Å². The first-order valence-electron chi connectivity index (χ1n) is 13.4. The van der Waals surface area contributed by atoms with E-state index in [1.165, 1.54) is 39.7 Å². The number of thiazole rings is 2. The summed E-state index contributed by atoms with van der Waals surface area (Å²) in [6, 6.07) is 12.0. The first-order valence-corrected chi connectivity index (χ1v) is 15.0. The molecule has 5 rings (SSSR count). The van der Waals surface area contributed by atoms with Gasteiger partial charge in [0.2, 0.25) is 0 Å². The van der Waals surface area contributed by atoms with E-state index < -0.39 is 11.8 Å². The first-order chi connectivity index (χ1) is 20.6. The van der Waals surface area contributed by atoms with Crippen LogP contribution in [0.25, 0.3) is 10.2 Å². The number of carbonyl (C=O) groups excluding carboxylic acids is 1. The maximum Gasteiger partial charge on any atom is 0.355 e. The Morgan fingerprint density at radius 1 is 1.05 bits per heavy atom. The highest BCUT2D eigenvalue weighted by Crippen LogP contribution is 2.30. The van der Waals surface area contributed by atoms with Crippen molar-refractivity contribution < 1.29 is 23.8 Å². The summed E-state index contributed by atoms with van der Waals surface area (Å²) >= 11 is 2.84. The molecule has 1 amide bonds. The summed E-state index contributed by atoms with van der Waals surface area (Å²) in [5, 5.41) is 23.2. The number of aromatic nitrogens is 4. The smallest absolute Gasteiger partial charge is 0.355 e. The summed E-state index contributed by atoms with van der Waals surface area (Å²) < 4.78 is 21.1. The molecule has 0 aliphatic heterocycles. The number of benzene rings is 2. The molecular weight excluding hydrogens is 592 g/mol. The molecule has 2 N–H and O–H groups in total. The van der Waals surface area contributed by atoms with Gasteiger partial charge in [0.05, 0.1) is 27.5 Å². The third-order valence-electron chi connectivity index (χ3n) is 6.79. The van der Waals surface area contributed by atoms with E-state index in [0.717, 1.165) is 32.5 Å². The zero-order chi connectivity index (χ0) is 30.7. The van der Waals surface area contributed by atoms with Crippen LogP contribution in [0, 0.1) is 19.7 Å². The number of fused-ring (bicyclic) bond motifs is 1. The minimum Gasteiger partial charge on any atom is -0.491 e. The van der Waals surface area contributed by atoms with Gasteiger partial charge in [0, 0.05) is 31.0 Å². The minimum atomic E-state index is -1.11. The highest BCUT2D eigenvalue weighted by atomic mass is 32.1. The van der Waals surface area contributed by atoms with Crippen molar-refractivity contribution in [2.24, 2.45) is 0 Å². The number of carboxylic acids is 1. The van der Waals surface area contributed by atoms with Crippen LogP contribution in [0.15, 0.2) is 42.5 Å². The molecule has 0 aliphatic rings. The lowest BCUT2D eigenvalue weighted by molar-refractivity contribution is 0.0689. The van der Waals surface area contributed by atoms with Crippen molar-refractivity contribution in [1.29, 1.82) is 0 Å². The van der Waals surface area contributed by atoms with Crippen molar-refractivity contribution in [1.82, 2.24) is 25.1 Å². The summed E-state index contributed by atoms with van der Waals surface area (Å²) in [4.78, 5) is 34.9. The number of aromatic carboxylic acids is 1. The summed E-state index contributed by atoms with van der Waals surface area (Å²) in [6.45, 7) is 4.07. The van der Waals surface area contributed by atoms with Gasteiger partial charge in [-0.25, -0.2) is 19.2 Å². The summed E-state index contributed by atoms with van der Waals surface area (Å²) in [7, 11) is 3.19. The molecule has 0 spiro atoms. The molecule has 0 fully saturated rings. The molecule has 3 aromatic heterocycles. The van der Waals surface area contributed by atoms with Crippen LogP contribution in [0.3, 0.4) is 0 Å². The number of carbonyl (C=O) groups is 2. The molecule has 43 heavy (non-hydrogen) atoms. The molecular formula is C30H29FN6O4S2. The van der Waals surface area contributed by atoms with Gasteiger partial charge in [-0.1, -0.05) is 23.5 Å². The van der Waals surface area contributed by atoms with E-state index in [1.54, 1.807) is 14.1 Å². The van der Waals surface area contributed by atoms with Crippen LogP contribution in [0.1, 0.15) is 54.0 Å². The number of anilines is 2. The minimum absolute atomic E-state index is 0.00538. The van der Waals surface area contributed by atoms with E-state index in [0.29, 0.717) is 40.7 Å².